The van der Waals surface area contributed by atoms with Crippen LogP contribution in [0.5, 0.6) is 0 Å². The molecule has 2 heterocycles. The molecule has 0 spiro atoms. The Balaban J connectivity index is 1.40. The number of hydrogen-bond donors (Lipinski definition) is 1. The first-order valence-corrected chi connectivity index (χ1v) is 8.90. The molecular weight excluding hydrogens is 276 g/mol. The summed E-state index contributed by atoms with van der Waals surface area (Å²) in [4.78, 5) is 14.4. The topological polar surface area (TPSA) is 41.6 Å². The van der Waals surface area contributed by atoms with Crippen LogP contribution in [-0.2, 0) is 4.74 Å². The van der Waals surface area contributed by atoms with Crippen LogP contribution in [0.4, 0.5) is 4.79 Å². The van der Waals surface area contributed by atoms with Crippen LogP contribution in [0.2, 0.25) is 0 Å². The van der Waals surface area contributed by atoms with Crippen molar-refractivity contribution in [3.63, 3.8) is 0 Å². The lowest BCUT2D eigenvalue weighted by atomic mass is 9.80. The Bertz CT molecular complexity index is 413. The van der Waals surface area contributed by atoms with Crippen LogP contribution in [0, 0.1) is 28.6 Å². The van der Waals surface area contributed by atoms with Crippen molar-refractivity contribution in [2.45, 2.75) is 47.0 Å². The molecule has 4 nitrogen and oxygen atoms in total. The van der Waals surface area contributed by atoms with Crippen molar-refractivity contribution in [2.75, 3.05) is 32.8 Å². The molecule has 2 saturated heterocycles. The van der Waals surface area contributed by atoms with Crippen molar-refractivity contribution in [3.8, 4) is 0 Å². The third-order valence-corrected chi connectivity index (χ3v) is 6.31. The van der Waals surface area contributed by atoms with Crippen LogP contribution in [0.1, 0.15) is 47.0 Å². The van der Waals surface area contributed by atoms with Gasteiger partial charge in [-0.25, -0.2) is 4.79 Å². The molecule has 0 aromatic heterocycles. The first-order valence-electron chi connectivity index (χ1n) is 8.90. The maximum Gasteiger partial charge on any atom is 0.317 e. The highest BCUT2D eigenvalue weighted by Crippen LogP contribution is 2.61. The summed E-state index contributed by atoms with van der Waals surface area (Å²) < 4.78 is 5.43. The Morgan fingerprint density at radius 1 is 1.23 bits per heavy atom. The van der Waals surface area contributed by atoms with Gasteiger partial charge < -0.3 is 15.0 Å². The van der Waals surface area contributed by atoms with E-state index in [4.69, 9.17) is 4.74 Å². The molecule has 2 atom stereocenters. The Labute approximate surface area is 135 Å². The van der Waals surface area contributed by atoms with Crippen molar-refractivity contribution in [1.82, 2.24) is 10.2 Å². The quantitative estimate of drug-likeness (QED) is 0.867. The first-order chi connectivity index (χ1) is 10.3. The molecule has 0 bridgehead atoms. The van der Waals surface area contributed by atoms with E-state index in [0.717, 1.165) is 50.6 Å². The van der Waals surface area contributed by atoms with Crippen LogP contribution in [0.15, 0.2) is 0 Å². The Kier molecular flexibility index (Phi) is 4.17. The number of hydrogen-bond acceptors (Lipinski definition) is 2. The Hall–Kier alpha value is -0.770. The van der Waals surface area contributed by atoms with E-state index in [0.29, 0.717) is 5.41 Å². The van der Waals surface area contributed by atoms with Gasteiger partial charge in [-0.05, 0) is 47.8 Å². The highest BCUT2D eigenvalue weighted by Gasteiger charge is 2.62. The van der Waals surface area contributed by atoms with Gasteiger partial charge in [0.1, 0.15) is 0 Å². The van der Waals surface area contributed by atoms with E-state index in [2.05, 4.69) is 33.0 Å². The average Bonchev–Trinajstić information content (AvgIpc) is 2.83. The second kappa shape index (κ2) is 5.70. The minimum Gasteiger partial charge on any atom is -0.381 e. The predicted molar refractivity (Wildman–Crippen MR) is 87.7 cm³/mol. The molecule has 22 heavy (non-hydrogen) atoms. The van der Waals surface area contributed by atoms with Gasteiger partial charge >= 0.3 is 6.03 Å². The molecule has 3 rings (SSSR count). The number of nitrogens with one attached hydrogen (secondary N) is 1. The van der Waals surface area contributed by atoms with E-state index in [1.165, 1.54) is 19.3 Å². The normalized spacial score (nSPS) is 31.0. The summed E-state index contributed by atoms with van der Waals surface area (Å²) in [5.41, 5.74) is 0.638. The zero-order chi connectivity index (χ0) is 16.0. The molecule has 2 aliphatic heterocycles. The lowest BCUT2D eigenvalue weighted by molar-refractivity contribution is 0.0512. The van der Waals surface area contributed by atoms with Gasteiger partial charge in [0.25, 0.3) is 0 Å². The Morgan fingerprint density at radius 2 is 1.82 bits per heavy atom. The van der Waals surface area contributed by atoms with Gasteiger partial charge in [-0.1, -0.05) is 27.7 Å². The van der Waals surface area contributed by atoms with Gasteiger partial charge in [-0.3, -0.25) is 0 Å². The van der Waals surface area contributed by atoms with Crippen LogP contribution >= 0.6 is 0 Å². The highest BCUT2D eigenvalue weighted by molar-refractivity contribution is 5.75. The fourth-order valence-electron chi connectivity index (χ4n) is 4.53. The standard InChI is InChI=1S/C18H32N2O2/c1-17(2,9-13-5-7-22-8-6-13)12-19-16(21)20-10-14-15(11-20)18(14,3)4/h13-15H,5-12H2,1-4H3,(H,19,21). The second-order valence-corrected chi connectivity index (χ2v) is 9.02. The number of urea groups is 1. The number of carbonyl (C=O) groups is 1. The predicted octanol–water partition coefficient (Wildman–Crippen LogP) is 3.13. The van der Waals surface area contributed by atoms with E-state index < -0.39 is 0 Å². The number of rotatable bonds is 4. The van der Waals surface area contributed by atoms with Gasteiger partial charge in [0, 0.05) is 32.8 Å². The molecule has 2 unspecified atom stereocenters. The van der Waals surface area contributed by atoms with E-state index in [9.17, 15) is 4.79 Å². The van der Waals surface area contributed by atoms with E-state index in [1.807, 2.05) is 4.90 Å². The van der Waals surface area contributed by atoms with Crippen LogP contribution in [-0.4, -0.2) is 43.8 Å². The number of likely N-dealkylation sites (tertiary alicyclic amines) is 1. The van der Waals surface area contributed by atoms with E-state index >= 15 is 0 Å². The van der Waals surface area contributed by atoms with Crippen molar-refractivity contribution < 1.29 is 9.53 Å². The maximum absolute atomic E-state index is 12.4. The van der Waals surface area contributed by atoms with Gasteiger partial charge in [0.2, 0.25) is 0 Å². The fourth-order valence-corrected chi connectivity index (χ4v) is 4.53. The van der Waals surface area contributed by atoms with Crippen LogP contribution < -0.4 is 5.32 Å². The molecule has 4 heteroatoms. The molecule has 3 aliphatic rings. The fraction of sp³-hybridized carbons (Fsp3) is 0.944. The molecule has 0 aromatic carbocycles. The molecule has 126 valence electrons. The van der Waals surface area contributed by atoms with Gasteiger partial charge in [-0.15, -0.1) is 0 Å². The molecule has 1 N–H and O–H groups in total. The minimum atomic E-state index is 0.142. The number of amides is 2. The summed E-state index contributed by atoms with van der Waals surface area (Å²) >= 11 is 0. The van der Waals surface area contributed by atoms with Crippen molar-refractivity contribution >= 4 is 6.03 Å². The summed E-state index contributed by atoms with van der Waals surface area (Å²) in [5, 5.41) is 3.18. The first kappa shape index (κ1) is 16.1. The number of ether oxygens (including phenoxy) is 1. The summed E-state index contributed by atoms with van der Waals surface area (Å²) in [5.74, 6) is 2.21. The van der Waals surface area contributed by atoms with Crippen molar-refractivity contribution in [3.05, 3.63) is 0 Å². The monoisotopic (exact) mass is 308 g/mol. The maximum atomic E-state index is 12.4. The number of nitrogens with zero attached hydrogens (tertiary/aromatic N) is 1. The summed E-state index contributed by atoms with van der Waals surface area (Å²) in [6, 6.07) is 0.142. The van der Waals surface area contributed by atoms with Gasteiger partial charge in [0.05, 0.1) is 0 Å². The molecule has 1 aliphatic carbocycles. The third-order valence-electron chi connectivity index (χ3n) is 6.31. The second-order valence-electron chi connectivity index (χ2n) is 9.02. The molecule has 3 fully saturated rings. The zero-order valence-corrected chi connectivity index (χ0v) is 14.7. The highest BCUT2D eigenvalue weighted by atomic mass is 16.5. The summed E-state index contributed by atoms with van der Waals surface area (Å²) in [6.07, 6.45) is 3.51. The lowest BCUT2D eigenvalue weighted by Gasteiger charge is -2.33. The molecule has 0 aromatic rings. The van der Waals surface area contributed by atoms with Gasteiger partial charge in [-0.2, -0.15) is 0 Å². The molecule has 2 amide bonds. The van der Waals surface area contributed by atoms with Crippen LogP contribution in [0.25, 0.3) is 0 Å². The molecule has 1 saturated carbocycles. The smallest absolute Gasteiger partial charge is 0.317 e. The van der Waals surface area contributed by atoms with E-state index in [-0.39, 0.29) is 11.4 Å². The summed E-state index contributed by atoms with van der Waals surface area (Å²) in [7, 11) is 0. The number of piperidine rings is 1. The Morgan fingerprint density at radius 3 is 2.41 bits per heavy atom. The largest absolute Gasteiger partial charge is 0.381 e. The lowest BCUT2D eigenvalue weighted by Crippen LogP contribution is -2.44. The van der Waals surface area contributed by atoms with Crippen LogP contribution in [0.3, 0.4) is 0 Å². The average molecular weight is 308 g/mol. The molecule has 0 radical (unpaired) electrons. The summed E-state index contributed by atoms with van der Waals surface area (Å²) in [6.45, 7) is 13.7. The SMILES string of the molecule is CC(C)(CNC(=O)N1CC2C(C1)C2(C)C)CC1CCOCC1. The third kappa shape index (κ3) is 3.27. The van der Waals surface area contributed by atoms with Crippen molar-refractivity contribution in [1.29, 1.82) is 0 Å². The minimum absolute atomic E-state index is 0.142. The van der Waals surface area contributed by atoms with Crippen molar-refractivity contribution in [2.24, 2.45) is 28.6 Å². The van der Waals surface area contributed by atoms with Gasteiger partial charge in [0.15, 0.2) is 0 Å². The molecular formula is C18H32N2O2. The zero-order valence-electron chi connectivity index (χ0n) is 14.7. The number of carbonyl (C=O) groups excluding carboxylic acids is 1. The number of fused-ring (bicyclic) bond motifs is 1. The van der Waals surface area contributed by atoms with E-state index in [1.54, 1.807) is 0 Å².